The second kappa shape index (κ2) is 7.39. The second-order valence-corrected chi connectivity index (χ2v) is 6.50. The van der Waals surface area contributed by atoms with Crippen LogP contribution < -0.4 is 0 Å². The molecule has 0 amide bonds. The molecule has 3 rings (SSSR count). The van der Waals surface area contributed by atoms with Gasteiger partial charge in [0.1, 0.15) is 0 Å². The Morgan fingerprint density at radius 3 is 2.48 bits per heavy atom. The molecule has 0 aliphatic carbocycles. The molecule has 2 aliphatic rings. The van der Waals surface area contributed by atoms with E-state index in [0.29, 0.717) is 6.04 Å². The van der Waals surface area contributed by atoms with Crippen LogP contribution in [0.15, 0.2) is 30.3 Å². The van der Waals surface area contributed by atoms with Gasteiger partial charge in [0.2, 0.25) is 0 Å². The largest absolute Gasteiger partial charge is 0.383 e. The molecule has 0 unspecified atom stereocenters. The summed E-state index contributed by atoms with van der Waals surface area (Å²) >= 11 is 0. The van der Waals surface area contributed by atoms with E-state index < -0.39 is 0 Å². The fraction of sp³-hybridized carbons (Fsp3) is 0.667. The van der Waals surface area contributed by atoms with Crippen molar-refractivity contribution in [3.8, 4) is 0 Å². The van der Waals surface area contributed by atoms with Crippen LogP contribution in [-0.4, -0.2) is 55.2 Å². The molecule has 0 spiro atoms. The van der Waals surface area contributed by atoms with Crippen molar-refractivity contribution in [1.82, 2.24) is 9.80 Å². The third kappa shape index (κ3) is 3.85. The van der Waals surface area contributed by atoms with Crippen LogP contribution in [0.4, 0.5) is 0 Å². The normalized spacial score (nSPS) is 27.5. The van der Waals surface area contributed by atoms with Gasteiger partial charge in [-0.25, -0.2) is 0 Å². The number of rotatable bonds is 6. The summed E-state index contributed by atoms with van der Waals surface area (Å²) in [6.45, 7) is 5.73. The maximum Gasteiger partial charge on any atom is 0.0618 e. The lowest BCUT2D eigenvalue weighted by Crippen LogP contribution is -2.43. The minimum atomic E-state index is 0.647. The van der Waals surface area contributed by atoms with Crippen molar-refractivity contribution in [2.75, 3.05) is 33.4 Å². The van der Waals surface area contributed by atoms with Crippen LogP contribution >= 0.6 is 0 Å². The number of hydrogen-bond donors (Lipinski definition) is 0. The zero-order chi connectivity index (χ0) is 14.5. The van der Waals surface area contributed by atoms with Crippen LogP contribution in [0.25, 0.3) is 0 Å². The predicted molar refractivity (Wildman–Crippen MR) is 86.3 cm³/mol. The summed E-state index contributed by atoms with van der Waals surface area (Å²) in [6, 6.07) is 12.3. The molecule has 2 fully saturated rings. The first kappa shape index (κ1) is 15.0. The maximum atomic E-state index is 5.39. The zero-order valence-corrected chi connectivity index (χ0v) is 13.2. The van der Waals surface area contributed by atoms with Crippen molar-refractivity contribution in [2.45, 2.75) is 44.3 Å². The molecule has 2 atom stereocenters. The van der Waals surface area contributed by atoms with E-state index >= 15 is 0 Å². The molecule has 0 bridgehead atoms. The van der Waals surface area contributed by atoms with E-state index in [1.807, 2.05) is 7.11 Å². The van der Waals surface area contributed by atoms with Gasteiger partial charge in [0.05, 0.1) is 6.61 Å². The molecule has 2 aliphatic heterocycles. The Hall–Kier alpha value is -0.900. The summed E-state index contributed by atoms with van der Waals surface area (Å²) < 4.78 is 5.39. The highest BCUT2D eigenvalue weighted by Gasteiger charge is 2.31. The van der Waals surface area contributed by atoms with Crippen molar-refractivity contribution in [3.05, 3.63) is 35.9 Å². The van der Waals surface area contributed by atoms with E-state index in [-0.39, 0.29) is 0 Å². The summed E-state index contributed by atoms with van der Waals surface area (Å²) in [5, 5.41) is 0. The van der Waals surface area contributed by atoms with Gasteiger partial charge in [0.15, 0.2) is 0 Å². The molecule has 1 aromatic carbocycles. The van der Waals surface area contributed by atoms with Gasteiger partial charge in [0, 0.05) is 32.3 Å². The number of ether oxygens (including phenoxy) is 1. The van der Waals surface area contributed by atoms with E-state index in [2.05, 4.69) is 40.1 Å². The molecular weight excluding hydrogens is 260 g/mol. The average Bonchev–Trinajstić information content (AvgIpc) is 3.12. The molecule has 116 valence electrons. The Morgan fingerprint density at radius 1 is 1.00 bits per heavy atom. The number of benzene rings is 1. The van der Waals surface area contributed by atoms with Crippen molar-refractivity contribution in [2.24, 2.45) is 0 Å². The first-order valence-corrected chi connectivity index (χ1v) is 8.38. The van der Waals surface area contributed by atoms with Crippen molar-refractivity contribution in [1.29, 1.82) is 0 Å². The quantitative estimate of drug-likeness (QED) is 0.800. The van der Waals surface area contributed by atoms with Crippen LogP contribution in [0, 0.1) is 0 Å². The molecular formula is C18H28N2O. The Bertz CT molecular complexity index is 422. The second-order valence-electron chi connectivity index (χ2n) is 6.50. The molecule has 0 aromatic heterocycles. The molecule has 2 heterocycles. The van der Waals surface area contributed by atoms with Crippen LogP contribution in [-0.2, 0) is 11.3 Å². The third-order valence-corrected chi connectivity index (χ3v) is 5.03. The lowest BCUT2D eigenvalue weighted by Gasteiger charge is -2.31. The smallest absolute Gasteiger partial charge is 0.0618 e. The molecule has 21 heavy (non-hydrogen) atoms. The molecule has 3 heteroatoms. The highest BCUT2D eigenvalue weighted by atomic mass is 16.5. The minimum absolute atomic E-state index is 0.647. The summed E-state index contributed by atoms with van der Waals surface area (Å²) in [4.78, 5) is 5.34. The van der Waals surface area contributed by atoms with Gasteiger partial charge >= 0.3 is 0 Å². The van der Waals surface area contributed by atoms with E-state index in [1.165, 1.54) is 50.9 Å². The molecule has 0 radical (unpaired) electrons. The fourth-order valence-corrected chi connectivity index (χ4v) is 3.92. The van der Waals surface area contributed by atoms with Gasteiger partial charge in [0.25, 0.3) is 0 Å². The molecule has 3 nitrogen and oxygen atoms in total. The number of likely N-dealkylation sites (tertiary alicyclic amines) is 2. The van der Waals surface area contributed by atoms with Crippen molar-refractivity contribution < 1.29 is 4.74 Å². The van der Waals surface area contributed by atoms with Gasteiger partial charge < -0.3 is 4.74 Å². The monoisotopic (exact) mass is 288 g/mol. The first-order valence-electron chi connectivity index (χ1n) is 8.38. The number of nitrogens with zero attached hydrogens (tertiary/aromatic N) is 2. The highest BCUT2D eigenvalue weighted by molar-refractivity contribution is 5.14. The molecule has 0 saturated carbocycles. The van der Waals surface area contributed by atoms with Gasteiger partial charge in [-0.15, -0.1) is 0 Å². The van der Waals surface area contributed by atoms with Crippen LogP contribution in [0.1, 0.15) is 31.2 Å². The summed E-state index contributed by atoms with van der Waals surface area (Å²) in [7, 11) is 1.83. The lowest BCUT2D eigenvalue weighted by molar-refractivity contribution is 0.0941. The summed E-state index contributed by atoms with van der Waals surface area (Å²) in [6.07, 6.45) is 5.34. The minimum Gasteiger partial charge on any atom is -0.383 e. The van der Waals surface area contributed by atoms with E-state index in [9.17, 15) is 0 Å². The topological polar surface area (TPSA) is 15.7 Å². The summed E-state index contributed by atoms with van der Waals surface area (Å²) in [5.41, 5.74) is 1.44. The zero-order valence-electron chi connectivity index (χ0n) is 13.2. The van der Waals surface area contributed by atoms with E-state index in [1.54, 1.807) is 0 Å². The predicted octanol–water partition coefficient (Wildman–Crippen LogP) is 2.76. The Kier molecular flexibility index (Phi) is 5.28. The van der Waals surface area contributed by atoms with E-state index in [4.69, 9.17) is 4.74 Å². The Balaban J connectivity index is 1.56. The first-order chi connectivity index (χ1) is 10.4. The SMILES string of the molecule is COC[C@@H]1CCCN1C[C@H]1CCCN1Cc1ccccc1. The van der Waals surface area contributed by atoms with Crippen molar-refractivity contribution >= 4 is 0 Å². The summed E-state index contributed by atoms with van der Waals surface area (Å²) in [5.74, 6) is 0. The van der Waals surface area contributed by atoms with Gasteiger partial charge in [-0.2, -0.15) is 0 Å². The fourth-order valence-electron chi connectivity index (χ4n) is 3.92. The highest BCUT2D eigenvalue weighted by Crippen LogP contribution is 2.25. The van der Waals surface area contributed by atoms with Crippen molar-refractivity contribution in [3.63, 3.8) is 0 Å². The Labute approximate surface area is 128 Å². The molecule has 2 saturated heterocycles. The van der Waals surface area contributed by atoms with E-state index in [0.717, 1.165) is 19.2 Å². The maximum absolute atomic E-state index is 5.39. The Morgan fingerprint density at radius 2 is 1.71 bits per heavy atom. The van der Waals surface area contributed by atoms with Gasteiger partial charge in [-0.1, -0.05) is 30.3 Å². The number of hydrogen-bond acceptors (Lipinski definition) is 3. The third-order valence-electron chi connectivity index (χ3n) is 5.03. The standard InChI is InChI=1S/C18H28N2O/c1-21-15-18-10-6-12-20(18)14-17-9-5-11-19(17)13-16-7-3-2-4-8-16/h2-4,7-8,17-18H,5-6,9-15H2,1H3/t17-,18+/m1/s1. The molecule has 0 N–H and O–H groups in total. The number of methoxy groups -OCH3 is 1. The van der Waals surface area contributed by atoms with Crippen LogP contribution in [0.3, 0.4) is 0 Å². The van der Waals surface area contributed by atoms with Crippen LogP contribution in [0.2, 0.25) is 0 Å². The van der Waals surface area contributed by atoms with Gasteiger partial charge in [-0.3, -0.25) is 9.80 Å². The van der Waals surface area contributed by atoms with Gasteiger partial charge in [-0.05, 0) is 44.3 Å². The lowest BCUT2D eigenvalue weighted by atomic mass is 10.1. The molecule has 1 aromatic rings. The average molecular weight is 288 g/mol. The van der Waals surface area contributed by atoms with Crippen LogP contribution in [0.5, 0.6) is 0 Å².